The molecule has 3 atom stereocenters. The maximum absolute atomic E-state index is 10.9. The summed E-state index contributed by atoms with van der Waals surface area (Å²) in [5, 5.41) is 21.8. The predicted octanol–water partition coefficient (Wildman–Crippen LogP) is 7.06. The molecule has 3 unspecified atom stereocenters. The molecule has 0 saturated carbocycles. The van der Waals surface area contributed by atoms with Gasteiger partial charge < -0.3 is 10.2 Å². The quantitative estimate of drug-likeness (QED) is 0.424. The van der Waals surface area contributed by atoms with E-state index in [1.165, 1.54) is 22.3 Å². The molecule has 1 fully saturated rings. The molecule has 4 heteroatoms. The van der Waals surface area contributed by atoms with Crippen LogP contribution in [0.25, 0.3) is 0 Å². The molecule has 0 aliphatic carbocycles. The molecule has 0 bridgehead atoms. The van der Waals surface area contributed by atoms with Gasteiger partial charge in [0.15, 0.2) is 0 Å². The zero-order valence-electron chi connectivity index (χ0n) is 23.6. The lowest BCUT2D eigenvalue weighted by Crippen LogP contribution is -2.51. The first-order valence-corrected chi connectivity index (χ1v) is 13.6. The molecule has 2 aromatic rings. The van der Waals surface area contributed by atoms with Crippen LogP contribution in [0.3, 0.4) is 0 Å². The van der Waals surface area contributed by atoms with Crippen LogP contribution in [0.1, 0.15) is 104 Å². The third-order valence-corrected chi connectivity index (χ3v) is 8.74. The fraction of sp³-hybridized carbons (Fsp3) is 0.613. The predicted molar refractivity (Wildman–Crippen MR) is 148 cm³/mol. The van der Waals surface area contributed by atoms with E-state index in [1.807, 2.05) is 0 Å². The molecule has 4 nitrogen and oxygen atoms in total. The summed E-state index contributed by atoms with van der Waals surface area (Å²) < 4.78 is 0. The van der Waals surface area contributed by atoms with Crippen LogP contribution in [0.4, 0.5) is 0 Å². The molecule has 3 rings (SSSR count). The molecule has 2 N–H and O–H groups in total. The maximum atomic E-state index is 10.9. The molecule has 1 aliphatic heterocycles. The molecule has 2 aromatic carbocycles. The van der Waals surface area contributed by atoms with Crippen LogP contribution in [0.2, 0.25) is 0 Å². The van der Waals surface area contributed by atoms with E-state index in [-0.39, 0.29) is 0 Å². The SMILES string of the molecule is CCC(C)c1cc(C)c(CN2CCN(Cc3c(C)cc(C(C)CC)c(O)c3C)C(C)C2)c(C)c1O. The van der Waals surface area contributed by atoms with E-state index in [9.17, 15) is 10.2 Å². The van der Waals surface area contributed by atoms with Gasteiger partial charge in [0, 0.05) is 38.8 Å². The van der Waals surface area contributed by atoms with E-state index in [4.69, 9.17) is 0 Å². The van der Waals surface area contributed by atoms with Gasteiger partial charge in [-0.15, -0.1) is 0 Å². The fourth-order valence-electron chi connectivity index (χ4n) is 5.64. The summed E-state index contributed by atoms with van der Waals surface area (Å²) in [6.07, 6.45) is 2.06. The number of aryl methyl sites for hydroxylation is 2. The minimum absolute atomic E-state index is 0.370. The Labute approximate surface area is 214 Å². The number of hydrogen-bond acceptors (Lipinski definition) is 4. The number of phenolic OH excluding ortho intramolecular Hbond substituents is 2. The van der Waals surface area contributed by atoms with Gasteiger partial charge in [-0.05, 0) is 104 Å². The summed E-state index contributed by atoms with van der Waals surface area (Å²) in [6.45, 7) is 24.3. The van der Waals surface area contributed by atoms with Crippen molar-refractivity contribution in [2.45, 2.75) is 106 Å². The molecule has 194 valence electrons. The number of hydrogen-bond donors (Lipinski definition) is 2. The number of benzene rings is 2. The Kier molecular flexibility index (Phi) is 8.93. The van der Waals surface area contributed by atoms with E-state index < -0.39 is 0 Å². The largest absolute Gasteiger partial charge is 0.507 e. The van der Waals surface area contributed by atoms with Gasteiger partial charge in [0.1, 0.15) is 11.5 Å². The Morgan fingerprint density at radius 1 is 0.800 bits per heavy atom. The van der Waals surface area contributed by atoms with Crippen molar-refractivity contribution in [3.8, 4) is 11.5 Å². The van der Waals surface area contributed by atoms with E-state index in [0.29, 0.717) is 29.4 Å². The molecule has 0 amide bonds. The van der Waals surface area contributed by atoms with Gasteiger partial charge in [-0.2, -0.15) is 0 Å². The van der Waals surface area contributed by atoms with E-state index in [0.717, 1.165) is 67.8 Å². The van der Waals surface area contributed by atoms with Crippen molar-refractivity contribution in [1.29, 1.82) is 0 Å². The average Bonchev–Trinajstić information content (AvgIpc) is 2.84. The van der Waals surface area contributed by atoms with Gasteiger partial charge in [-0.1, -0.05) is 39.8 Å². The van der Waals surface area contributed by atoms with Gasteiger partial charge in [-0.3, -0.25) is 9.80 Å². The second-order valence-corrected chi connectivity index (χ2v) is 11.1. The lowest BCUT2D eigenvalue weighted by Gasteiger charge is -2.41. The lowest BCUT2D eigenvalue weighted by molar-refractivity contribution is 0.0727. The van der Waals surface area contributed by atoms with E-state index >= 15 is 0 Å². The first-order valence-electron chi connectivity index (χ1n) is 13.6. The zero-order chi connectivity index (χ0) is 26.0. The highest BCUT2D eigenvalue weighted by Crippen LogP contribution is 2.37. The lowest BCUT2D eigenvalue weighted by atomic mass is 9.89. The van der Waals surface area contributed by atoms with Crippen LogP contribution in [0.15, 0.2) is 12.1 Å². The van der Waals surface area contributed by atoms with Crippen molar-refractivity contribution in [3.63, 3.8) is 0 Å². The van der Waals surface area contributed by atoms with Crippen molar-refractivity contribution < 1.29 is 10.2 Å². The summed E-state index contributed by atoms with van der Waals surface area (Å²) in [5.74, 6) is 1.71. The Bertz CT molecular complexity index is 1050. The third-order valence-electron chi connectivity index (χ3n) is 8.74. The highest BCUT2D eigenvalue weighted by atomic mass is 16.3. The molecule has 1 saturated heterocycles. The maximum Gasteiger partial charge on any atom is 0.122 e. The van der Waals surface area contributed by atoms with Crippen molar-refractivity contribution in [2.24, 2.45) is 0 Å². The second kappa shape index (κ2) is 11.3. The normalized spacial score (nSPS) is 19.2. The van der Waals surface area contributed by atoms with Crippen LogP contribution in [0.5, 0.6) is 11.5 Å². The van der Waals surface area contributed by atoms with E-state index in [2.05, 4.69) is 84.2 Å². The third kappa shape index (κ3) is 5.70. The number of piperazine rings is 1. The Hall–Kier alpha value is -2.04. The van der Waals surface area contributed by atoms with Crippen LogP contribution >= 0.6 is 0 Å². The van der Waals surface area contributed by atoms with Crippen molar-refractivity contribution >= 4 is 0 Å². The fourth-order valence-corrected chi connectivity index (χ4v) is 5.64. The molecule has 1 heterocycles. The van der Waals surface area contributed by atoms with Crippen LogP contribution in [-0.2, 0) is 13.1 Å². The average molecular weight is 481 g/mol. The van der Waals surface area contributed by atoms with Crippen LogP contribution in [-0.4, -0.2) is 45.7 Å². The molecule has 0 aromatic heterocycles. The minimum atomic E-state index is 0.370. The molecule has 0 spiro atoms. The number of phenols is 2. The summed E-state index contributed by atoms with van der Waals surface area (Å²) >= 11 is 0. The molecule has 0 radical (unpaired) electrons. The molecular weight excluding hydrogens is 432 g/mol. The number of nitrogens with zero attached hydrogens (tertiary/aromatic N) is 2. The zero-order valence-corrected chi connectivity index (χ0v) is 23.6. The molecule has 35 heavy (non-hydrogen) atoms. The van der Waals surface area contributed by atoms with Crippen molar-refractivity contribution in [3.05, 3.63) is 56.6 Å². The van der Waals surface area contributed by atoms with Gasteiger partial charge in [0.05, 0.1) is 0 Å². The number of aromatic hydroxyl groups is 2. The number of rotatable bonds is 8. The Morgan fingerprint density at radius 2 is 1.26 bits per heavy atom. The second-order valence-electron chi connectivity index (χ2n) is 11.1. The van der Waals surface area contributed by atoms with Gasteiger partial charge in [-0.25, -0.2) is 0 Å². The highest BCUT2D eigenvalue weighted by molar-refractivity contribution is 5.51. The molecular formula is C31H48N2O2. The first-order chi connectivity index (χ1) is 16.5. The summed E-state index contributed by atoms with van der Waals surface area (Å²) in [7, 11) is 0. The smallest absolute Gasteiger partial charge is 0.122 e. The first kappa shape index (κ1) is 27.5. The Morgan fingerprint density at radius 3 is 1.69 bits per heavy atom. The molecule has 1 aliphatic rings. The van der Waals surface area contributed by atoms with E-state index in [1.54, 1.807) is 0 Å². The standard InChI is InChI=1S/C31H48N2O2/c1-10-19(3)26-14-21(5)28(24(8)30(26)34)17-32-12-13-33(23(7)16-32)18-29-22(6)15-27(20(4)11-2)31(35)25(29)9/h14-15,19-20,23,34-35H,10-13,16-18H2,1-9H3. The Balaban J connectivity index is 1.73. The minimum Gasteiger partial charge on any atom is -0.507 e. The summed E-state index contributed by atoms with van der Waals surface area (Å²) in [4.78, 5) is 5.08. The van der Waals surface area contributed by atoms with Crippen LogP contribution in [0, 0.1) is 27.7 Å². The monoisotopic (exact) mass is 480 g/mol. The van der Waals surface area contributed by atoms with Gasteiger partial charge in [0.25, 0.3) is 0 Å². The summed E-state index contributed by atoms with van der Waals surface area (Å²) in [5.41, 5.74) is 9.36. The van der Waals surface area contributed by atoms with Gasteiger partial charge in [0.2, 0.25) is 0 Å². The topological polar surface area (TPSA) is 46.9 Å². The van der Waals surface area contributed by atoms with Crippen molar-refractivity contribution in [1.82, 2.24) is 9.80 Å². The van der Waals surface area contributed by atoms with Crippen LogP contribution < -0.4 is 0 Å². The summed E-state index contributed by atoms with van der Waals surface area (Å²) in [6, 6.07) is 4.83. The highest BCUT2D eigenvalue weighted by Gasteiger charge is 2.27. The van der Waals surface area contributed by atoms with Crippen molar-refractivity contribution in [2.75, 3.05) is 19.6 Å². The van der Waals surface area contributed by atoms with Gasteiger partial charge >= 0.3 is 0 Å².